The Kier molecular flexibility index (Phi) is 5.25. The zero-order valence-corrected chi connectivity index (χ0v) is 8.92. The molecule has 0 spiro atoms. The van der Waals surface area contributed by atoms with Crippen LogP contribution in [0.25, 0.3) is 0 Å². The van der Waals surface area contributed by atoms with E-state index in [9.17, 15) is 0 Å². The number of nitrogens with zero attached hydrogens (tertiary/aromatic N) is 1. The average molecular weight is 197 g/mol. The lowest BCUT2D eigenvalue weighted by Crippen LogP contribution is -2.32. The predicted molar refractivity (Wildman–Crippen MR) is 56.2 cm³/mol. The molecule has 1 aromatic rings. The van der Waals surface area contributed by atoms with Crippen molar-refractivity contribution in [2.75, 3.05) is 19.8 Å². The number of ether oxygens (including phenoxy) is 1. The van der Waals surface area contributed by atoms with E-state index in [-0.39, 0.29) is 0 Å². The molecular weight excluding hydrogens is 178 g/mol. The van der Waals surface area contributed by atoms with Gasteiger partial charge in [0, 0.05) is 37.5 Å². The fourth-order valence-electron chi connectivity index (χ4n) is 1.23. The summed E-state index contributed by atoms with van der Waals surface area (Å²) in [5.41, 5.74) is 1.17. The molecule has 0 bridgehead atoms. The van der Waals surface area contributed by atoms with Gasteiger partial charge in [-0.1, -0.05) is 0 Å². The molecule has 1 unspecified atom stereocenters. The van der Waals surface area contributed by atoms with Gasteiger partial charge in [-0.05, 0) is 13.8 Å². The second-order valence-corrected chi connectivity index (χ2v) is 3.34. The van der Waals surface area contributed by atoms with Crippen LogP contribution in [0.1, 0.15) is 19.5 Å². The maximum atomic E-state index is 5.30. The van der Waals surface area contributed by atoms with Gasteiger partial charge in [-0.25, -0.2) is 4.98 Å². The molecule has 0 fully saturated rings. The zero-order valence-electron chi connectivity index (χ0n) is 8.92. The van der Waals surface area contributed by atoms with Crippen LogP contribution in [-0.4, -0.2) is 35.8 Å². The molecule has 1 aromatic heterocycles. The first-order valence-corrected chi connectivity index (χ1v) is 5.11. The number of hydrogen-bond donors (Lipinski definition) is 2. The summed E-state index contributed by atoms with van der Waals surface area (Å²) in [4.78, 5) is 7.03. The third kappa shape index (κ3) is 4.39. The molecular formula is C10H19N3O. The SMILES string of the molecule is CCOCC(C)NCCc1cnc[nH]1. The summed E-state index contributed by atoms with van der Waals surface area (Å²) in [7, 11) is 0. The highest BCUT2D eigenvalue weighted by Gasteiger charge is 2.00. The zero-order chi connectivity index (χ0) is 10.2. The van der Waals surface area contributed by atoms with Crippen molar-refractivity contribution in [3.05, 3.63) is 18.2 Å². The van der Waals surface area contributed by atoms with Crippen molar-refractivity contribution in [3.63, 3.8) is 0 Å². The minimum absolute atomic E-state index is 0.415. The summed E-state index contributed by atoms with van der Waals surface area (Å²) >= 11 is 0. The molecule has 4 heteroatoms. The topological polar surface area (TPSA) is 49.9 Å². The monoisotopic (exact) mass is 197 g/mol. The highest BCUT2D eigenvalue weighted by atomic mass is 16.5. The molecule has 0 amide bonds. The van der Waals surface area contributed by atoms with Gasteiger partial charge in [-0.15, -0.1) is 0 Å². The quantitative estimate of drug-likeness (QED) is 0.684. The van der Waals surface area contributed by atoms with E-state index < -0.39 is 0 Å². The summed E-state index contributed by atoms with van der Waals surface area (Å²) < 4.78 is 5.30. The molecule has 0 saturated carbocycles. The Bertz CT molecular complexity index is 223. The average Bonchev–Trinajstić information content (AvgIpc) is 2.67. The Balaban J connectivity index is 2.03. The number of aromatic amines is 1. The lowest BCUT2D eigenvalue weighted by Gasteiger charge is -2.12. The summed E-state index contributed by atoms with van der Waals surface area (Å²) in [6.45, 7) is 6.66. The molecule has 0 aliphatic carbocycles. The van der Waals surface area contributed by atoms with Crippen LogP contribution in [-0.2, 0) is 11.2 Å². The van der Waals surface area contributed by atoms with Gasteiger partial charge in [0.25, 0.3) is 0 Å². The summed E-state index contributed by atoms with van der Waals surface area (Å²) in [6, 6.07) is 0.415. The normalized spacial score (nSPS) is 13.0. The minimum Gasteiger partial charge on any atom is -0.380 e. The van der Waals surface area contributed by atoms with Gasteiger partial charge in [0.1, 0.15) is 0 Å². The van der Waals surface area contributed by atoms with E-state index in [2.05, 4.69) is 22.2 Å². The van der Waals surface area contributed by atoms with E-state index in [0.29, 0.717) is 6.04 Å². The molecule has 0 aromatic carbocycles. The first-order valence-electron chi connectivity index (χ1n) is 5.11. The van der Waals surface area contributed by atoms with E-state index in [0.717, 1.165) is 26.2 Å². The second kappa shape index (κ2) is 6.56. The van der Waals surface area contributed by atoms with Gasteiger partial charge < -0.3 is 15.0 Å². The predicted octanol–water partition coefficient (Wildman–Crippen LogP) is 0.967. The molecule has 0 saturated heterocycles. The minimum atomic E-state index is 0.415. The molecule has 1 rings (SSSR count). The first kappa shape index (κ1) is 11.2. The fraction of sp³-hybridized carbons (Fsp3) is 0.700. The molecule has 80 valence electrons. The van der Waals surface area contributed by atoms with E-state index in [4.69, 9.17) is 4.74 Å². The standard InChI is InChI=1S/C10H19N3O/c1-3-14-7-9(2)12-5-4-10-6-11-8-13-10/h6,8-9,12H,3-5,7H2,1-2H3,(H,11,13). The smallest absolute Gasteiger partial charge is 0.0921 e. The fourth-order valence-corrected chi connectivity index (χ4v) is 1.23. The van der Waals surface area contributed by atoms with Gasteiger partial charge >= 0.3 is 0 Å². The number of hydrogen-bond acceptors (Lipinski definition) is 3. The Morgan fingerprint density at radius 2 is 2.50 bits per heavy atom. The number of aromatic nitrogens is 2. The summed E-state index contributed by atoms with van der Waals surface area (Å²) in [5, 5.41) is 3.38. The van der Waals surface area contributed by atoms with Gasteiger partial charge in [-0.2, -0.15) is 0 Å². The Morgan fingerprint density at radius 3 is 3.14 bits per heavy atom. The Morgan fingerprint density at radius 1 is 1.64 bits per heavy atom. The van der Waals surface area contributed by atoms with Crippen LogP contribution >= 0.6 is 0 Å². The lowest BCUT2D eigenvalue weighted by atomic mass is 10.3. The van der Waals surface area contributed by atoms with E-state index in [1.807, 2.05) is 13.1 Å². The van der Waals surface area contributed by atoms with Crippen molar-refractivity contribution < 1.29 is 4.74 Å². The van der Waals surface area contributed by atoms with Gasteiger partial charge in [-0.3, -0.25) is 0 Å². The van der Waals surface area contributed by atoms with Crippen LogP contribution in [0.4, 0.5) is 0 Å². The van der Waals surface area contributed by atoms with Crippen LogP contribution in [0.3, 0.4) is 0 Å². The first-order chi connectivity index (χ1) is 6.83. The summed E-state index contributed by atoms with van der Waals surface area (Å²) in [6.07, 6.45) is 4.55. The molecule has 1 heterocycles. The van der Waals surface area contributed by atoms with Crippen LogP contribution in [0, 0.1) is 0 Å². The molecule has 0 radical (unpaired) electrons. The molecule has 4 nitrogen and oxygen atoms in total. The molecule has 1 atom stereocenters. The highest BCUT2D eigenvalue weighted by molar-refractivity contribution is 4.94. The maximum Gasteiger partial charge on any atom is 0.0921 e. The maximum absolute atomic E-state index is 5.30. The van der Waals surface area contributed by atoms with Crippen LogP contribution in [0.2, 0.25) is 0 Å². The lowest BCUT2D eigenvalue weighted by molar-refractivity contribution is 0.127. The Labute approximate surface area is 85.1 Å². The number of imidazole rings is 1. The van der Waals surface area contributed by atoms with Crippen molar-refractivity contribution in [2.45, 2.75) is 26.3 Å². The van der Waals surface area contributed by atoms with Gasteiger partial charge in [0.2, 0.25) is 0 Å². The van der Waals surface area contributed by atoms with E-state index >= 15 is 0 Å². The summed E-state index contributed by atoms with van der Waals surface area (Å²) in [5.74, 6) is 0. The molecule has 2 N–H and O–H groups in total. The number of H-pyrrole nitrogens is 1. The number of nitrogens with one attached hydrogen (secondary N) is 2. The third-order valence-electron chi connectivity index (χ3n) is 2.01. The molecule has 14 heavy (non-hydrogen) atoms. The molecule has 0 aliphatic rings. The van der Waals surface area contributed by atoms with Crippen LogP contribution in [0.5, 0.6) is 0 Å². The third-order valence-corrected chi connectivity index (χ3v) is 2.01. The Hall–Kier alpha value is -0.870. The van der Waals surface area contributed by atoms with Crippen LogP contribution in [0.15, 0.2) is 12.5 Å². The van der Waals surface area contributed by atoms with Crippen molar-refractivity contribution in [3.8, 4) is 0 Å². The number of rotatable bonds is 7. The second-order valence-electron chi connectivity index (χ2n) is 3.34. The van der Waals surface area contributed by atoms with Crippen molar-refractivity contribution >= 4 is 0 Å². The van der Waals surface area contributed by atoms with E-state index in [1.165, 1.54) is 5.69 Å². The van der Waals surface area contributed by atoms with Crippen LogP contribution < -0.4 is 5.32 Å². The largest absolute Gasteiger partial charge is 0.380 e. The van der Waals surface area contributed by atoms with E-state index in [1.54, 1.807) is 6.33 Å². The van der Waals surface area contributed by atoms with Gasteiger partial charge in [0.05, 0.1) is 12.9 Å². The molecule has 0 aliphatic heterocycles. The van der Waals surface area contributed by atoms with Crippen molar-refractivity contribution in [1.82, 2.24) is 15.3 Å². The van der Waals surface area contributed by atoms with Crippen molar-refractivity contribution in [2.24, 2.45) is 0 Å². The van der Waals surface area contributed by atoms with Gasteiger partial charge in [0.15, 0.2) is 0 Å². The highest BCUT2D eigenvalue weighted by Crippen LogP contribution is 1.91. The van der Waals surface area contributed by atoms with Crippen molar-refractivity contribution in [1.29, 1.82) is 0 Å².